The first kappa shape index (κ1) is 9.35. The molecular weight excluding hydrogens is 194 g/mol. The molecule has 0 aliphatic rings. The average molecular weight is 203 g/mol. The minimum Gasteiger partial charge on any atom is -0.740 e. The normalized spacial score (nSPS) is 9.93. The number of nitrogens with zero attached hydrogens (tertiary/aromatic N) is 3. The van der Waals surface area contributed by atoms with Gasteiger partial charge >= 0.3 is 0 Å². The maximum atomic E-state index is 11.4. The van der Waals surface area contributed by atoms with Crippen LogP contribution in [0, 0.1) is 5.21 Å². The van der Waals surface area contributed by atoms with Crippen molar-refractivity contribution in [1.29, 1.82) is 0 Å². The van der Waals surface area contributed by atoms with Gasteiger partial charge in [0, 0.05) is 5.69 Å². The van der Waals surface area contributed by atoms with Gasteiger partial charge in [0.15, 0.2) is 0 Å². The van der Waals surface area contributed by atoms with Crippen LogP contribution in [0.1, 0.15) is 0 Å². The van der Waals surface area contributed by atoms with Crippen LogP contribution >= 0.6 is 0 Å². The molecule has 0 spiro atoms. The zero-order chi connectivity index (χ0) is 10.7. The van der Waals surface area contributed by atoms with Gasteiger partial charge in [-0.2, -0.15) is 0 Å². The van der Waals surface area contributed by atoms with E-state index < -0.39 is 0 Å². The Labute approximate surface area is 86.0 Å². The number of benzene rings is 1. The van der Waals surface area contributed by atoms with Crippen molar-refractivity contribution in [1.82, 2.24) is 9.97 Å². The summed E-state index contributed by atoms with van der Waals surface area (Å²) < 4.78 is 0.607. The first-order chi connectivity index (χ1) is 7.31. The lowest BCUT2D eigenvalue weighted by Crippen LogP contribution is -2.30. The Morgan fingerprint density at radius 3 is 3.00 bits per heavy atom. The highest BCUT2D eigenvalue weighted by molar-refractivity contribution is 5.60. The van der Waals surface area contributed by atoms with Crippen LogP contribution in [-0.4, -0.2) is 9.97 Å². The number of rotatable bonds is 2. The van der Waals surface area contributed by atoms with Crippen LogP contribution in [0.15, 0.2) is 36.9 Å². The molecule has 1 heterocycles. The highest BCUT2D eigenvalue weighted by atomic mass is 16.5. The third kappa shape index (κ3) is 1.84. The zero-order valence-electron chi connectivity index (χ0n) is 7.79. The van der Waals surface area contributed by atoms with E-state index in [2.05, 4.69) is 15.4 Å². The van der Waals surface area contributed by atoms with E-state index in [1.807, 2.05) is 0 Å². The van der Waals surface area contributed by atoms with Crippen LogP contribution in [-0.2, 0) is 0 Å². The van der Waals surface area contributed by atoms with Gasteiger partial charge in [0.1, 0.15) is 0 Å². The fraction of sp³-hybridized carbons (Fsp3) is 0. The van der Waals surface area contributed by atoms with E-state index in [9.17, 15) is 5.21 Å². The van der Waals surface area contributed by atoms with Crippen molar-refractivity contribution < 1.29 is 4.73 Å². The van der Waals surface area contributed by atoms with E-state index in [1.54, 1.807) is 24.3 Å². The second kappa shape index (κ2) is 3.89. The number of anilines is 1. The molecule has 0 aliphatic carbocycles. The van der Waals surface area contributed by atoms with Gasteiger partial charge in [-0.25, -0.2) is 4.73 Å². The smallest absolute Gasteiger partial charge is 0.273 e. The van der Waals surface area contributed by atoms with Crippen molar-refractivity contribution in [2.75, 3.05) is 5.43 Å². The van der Waals surface area contributed by atoms with Gasteiger partial charge in [-0.1, -0.05) is 16.0 Å². The fourth-order valence-corrected chi connectivity index (χ4v) is 1.24. The maximum Gasteiger partial charge on any atom is 0.273 e. The Hall–Kier alpha value is -2.21. The summed E-state index contributed by atoms with van der Waals surface area (Å²) in [5, 5.41) is 11.4. The third-order valence-electron chi connectivity index (χ3n) is 1.91. The summed E-state index contributed by atoms with van der Waals surface area (Å²) in [4.78, 5) is 7.51. The molecule has 0 atom stereocenters. The molecule has 1 aromatic carbocycles. The Balaban J connectivity index is 2.49. The molecule has 0 saturated heterocycles. The summed E-state index contributed by atoms with van der Waals surface area (Å²) in [6, 6.07) is 7.08. The molecule has 2 aromatic rings. The number of hydrogen-bond donors (Lipinski definition) is 2. The van der Waals surface area contributed by atoms with Crippen molar-refractivity contribution in [3.05, 3.63) is 42.1 Å². The SMILES string of the molecule is NNc1cccc(-c2ncnc[n+]2[O-])c1. The number of nitrogens with two attached hydrogens (primary N) is 1. The lowest BCUT2D eigenvalue weighted by molar-refractivity contribution is -0.600. The van der Waals surface area contributed by atoms with E-state index in [4.69, 9.17) is 5.84 Å². The van der Waals surface area contributed by atoms with Gasteiger partial charge in [-0.05, 0) is 18.2 Å². The van der Waals surface area contributed by atoms with E-state index in [0.29, 0.717) is 21.8 Å². The molecule has 0 radical (unpaired) electrons. The Kier molecular flexibility index (Phi) is 2.42. The van der Waals surface area contributed by atoms with Crippen molar-refractivity contribution in [2.24, 2.45) is 5.84 Å². The van der Waals surface area contributed by atoms with Crippen molar-refractivity contribution in [3.8, 4) is 11.4 Å². The minimum atomic E-state index is 0.294. The molecule has 1 aromatic heterocycles. The molecule has 0 saturated carbocycles. The molecule has 2 rings (SSSR count). The molecule has 0 amide bonds. The molecule has 0 fully saturated rings. The standard InChI is InChI=1S/C9H9N5O/c10-13-8-3-1-2-7(4-8)9-12-5-11-6-14(9)15/h1-6,13H,10H2. The highest BCUT2D eigenvalue weighted by Crippen LogP contribution is 2.16. The quantitative estimate of drug-likeness (QED) is 0.312. The zero-order valence-corrected chi connectivity index (χ0v) is 7.79. The number of hydrogen-bond acceptors (Lipinski definition) is 5. The van der Waals surface area contributed by atoms with Crippen LogP contribution in [0.4, 0.5) is 5.69 Å². The third-order valence-corrected chi connectivity index (χ3v) is 1.91. The second-order valence-corrected chi connectivity index (χ2v) is 2.88. The van der Waals surface area contributed by atoms with Crippen LogP contribution < -0.4 is 16.0 Å². The average Bonchev–Trinajstić information content (AvgIpc) is 2.30. The molecule has 0 aliphatic heterocycles. The van der Waals surface area contributed by atoms with Gasteiger partial charge in [0.25, 0.3) is 12.2 Å². The van der Waals surface area contributed by atoms with Gasteiger partial charge < -0.3 is 10.6 Å². The van der Waals surface area contributed by atoms with Crippen molar-refractivity contribution in [3.63, 3.8) is 0 Å². The second-order valence-electron chi connectivity index (χ2n) is 2.88. The van der Waals surface area contributed by atoms with Crippen molar-refractivity contribution >= 4 is 5.69 Å². The number of nitrogens with one attached hydrogen (secondary N) is 1. The molecule has 3 N–H and O–H groups in total. The lowest BCUT2D eigenvalue weighted by Gasteiger charge is -2.06. The van der Waals surface area contributed by atoms with Gasteiger partial charge in [-0.15, -0.1) is 0 Å². The Bertz CT molecular complexity index is 474. The maximum absolute atomic E-state index is 11.4. The number of hydrazine groups is 1. The highest BCUT2D eigenvalue weighted by Gasteiger charge is 2.07. The first-order valence-corrected chi connectivity index (χ1v) is 4.27. The fourth-order valence-electron chi connectivity index (χ4n) is 1.24. The molecular formula is C9H9N5O. The Morgan fingerprint density at radius 2 is 2.27 bits per heavy atom. The monoisotopic (exact) mass is 203 g/mol. The summed E-state index contributed by atoms with van der Waals surface area (Å²) in [5.74, 6) is 5.56. The minimum absolute atomic E-state index is 0.294. The summed E-state index contributed by atoms with van der Waals surface area (Å²) in [5.41, 5.74) is 3.90. The van der Waals surface area contributed by atoms with E-state index in [0.717, 1.165) is 6.33 Å². The lowest BCUT2D eigenvalue weighted by atomic mass is 10.2. The summed E-state index contributed by atoms with van der Waals surface area (Å²) >= 11 is 0. The van der Waals surface area contributed by atoms with E-state index in [1.165, 1.54) is 6.33 Å². The molecule has 0 unspecified atom stereocenters. The van der Waals surface area contributed by atoms with Crippen LogP contribution in [0.3, 0.4) is 0 Å². The molecule has 6 nitrogen and oxygen atoms in total. The summed E-state index contributed by atoms with van der Waals surface area (Å²) in [7, 11) is 0. The largest absolute Gasteiger partial charge is 0.740 e. The van der Waals surface area contributed by atoms with Gasteiger partial charge in [-0.3, -0.25) is 5.84 Å². The summed E-state index contributed by atoms with van der Waals surface area (Å²) in [6.45, 7) is 0. The predicted molar refractivity (Wildman–Crippen MR) is 54.2 cm³/mol. The first-order valence-electron chi connectivity index (χ1n) is 4.27. The van der Waals surface area contributed by atoms with Crippen LogP contribution in [0.25, 0.3) is 11.4 Å². The van der Waals surface area contributed by atoms with Gasteiger partial charge in [0.05, 0.1) is 5.56 Å². The van der Waals surface area contributed by atoms with Crippen molar-refractivity contribution in [2.45, 2.75) is 0 Å². The molecule has 6 heteroatoms. The predicted octanol–water partition coefficient (Wildman–Crippen LogP) is 0.0626. The number of nitrogen functional groups attached to an aromatic ring is 1. The van der Waals surface area contributed by atoms with Gasteiger partial charge in [0.2, 0.25) is 6.33 Å². The topological polar surface area (TPSA) is 90.8 Å². The van der Waals surface area contributed by atoms with Crippen LogP contribution in [0.2, 0.25) is 0 Å². The number of aromatic nitrogens is 3. The van der Waals surface area contributed by atoms with E-state index >= 15 is 0 Å². The Morgan fingerprint density at radius 1 is 1.40 bits per heavy atom. The summed E-state index contributed by atoms with van der Waals surface area (Å²) in [6.07, 6.45) is 2.48. The van der Waals surface area contributed by atoms with E-state index in [-0.39, 0.29) is 0 Å². The molecule has 76 valence electrons. The van der Waals surface area contributed by atoms with Crippen LogP contribution in [0.5, 0.6) is 0 Å². The molecule has 0 bridgehead atoms. The molecule has 15 heavy (non-hydrogen) atoms.